The van der Waals surface area contributed by atoms with E-state index in [1.54, 1.807) is 6.92 Å². The van der Waals surface area contributed by atoms with Crippen LogP contribution in [0.2, 0.25) is 0 Å². The molecule has 0 saturated heterocycles. The van der Waals surface area contributed by atoms with E-state index in [1.807, 2.05) is 0 Å². The van der Waals surface area contributed by atoms with Gasteiger partial charge in [0.2, 0.25) is 0 Å². The molecule has 1 N–H and O–H groups in total. The van der Waals surface area contributed by atoms with Crippen molar-refractivity contribution in [2.45, 2.75) is 93.5 Å². The van der Waals surface area contributed by atoms with E-state index >= 15 is 0 Å². The highest BCUT2D eigenvalue weighted by atomic mass is 16.1. The van der Waals surface area contributed by atoms with Gasteiger partial charge in [-0.3, -0.25) is 4.79 Å². The minimum atomic E-state index is -0.0556. The minimum absolute atomic E-state index is 0.0556. The van der Waals surface area contributed by atoms with Crippen LogP contribution in [-0.4, -0.2) is 18.4 Å². The summed E-state index contributed by atoms with van der Waals surface area (Å²) in [6, 6.07) is 0. The number of ketones is 1. The highest BCUT2D eigenvalue weighted by Crippen LogP contribution is 2.35. The predicted octanol–water partition coefficient (Wildman–Crippen LogP) is 5.46. The van der Waals surface area contributed by atoms with E-state index in [9.17, 15) is 4.79 Å². The van der Waals surface area contributed by atoms with Crippen LogP contribution < -0.4 is 5.32 Å². The average molecular weight is 300 g/mol. The normalized spacial score (nSPS) is 12.4. The van der Waals surface area contributed by atoms with E-state index < -0.39 is 0 Å². The summed E-state index contributed by atoms with van der Waals surface area (Å²) in [7, 11) is 2.06. The van der Waals surface area contributed by atoms with Gasteiger partial charge in [-0.25, -0.2) is 0 Å². The molecule has 0 aliphatic rings. The number of Topliss-reactive ketones (excluding diaryl/α,β-unsaturated/α-hetero) is 1. The molecule has 0 aromatic carbocycles. The van der Waals surface area contributed by atoms with Crippen LogP contribution in [0.1, 0.15) is 88.0 Å². The van der Waals surface area contributed by atoms with E-state index in [1.165, 1.54) is 12.8 Å². The second-order valence-electron chi connectivity index (χ2n) is 6.84. The summed E-state index contributed by atoms with van der Waals surface area (Å²) in [4.78, 5) is 11.4. The fourth-order valence-corrected chi connectivity index (χ4v) is 3.68. The first-order valence-electron chi connectivity index (χ1n) is 8.83. The molecule has 0 bridgehead atoms. The third-order valence-electron chi connectivity index (χ3n) is 5.93. The van der Waals surface area contributed by atoms with E-state index in [-0.39, 0.29) is 5.41 Å². The molecule has 128 valence electrons. The monoisotopic (exact) mass is 299 g/mol. The van der Waals surface area contributed by atoms with Crippen LogP contribution in [0.5, 0.6) is 0 Å². The van der Waals surface area contributed by atoms with Gasteiger partial charge in [0.05, 0.1) is 0 Å². The van der Waals surface area contributed by atoms with Gasteiger partial charge in [0.1, 0.15) is 5.78 Å². The van der Waals surface area contributed by atoms with Crippen LogP contribution in [-0.2, 0) is 4.79 Å². The Morgan fingerprint density at radius 3 is 1.24 bits per heavy atom. The fourth-order valence-electron chi connectivity index (χ4n) is 3.68. The fraction of sp³-hybridized carbons (Fsp3) is 0.947. The summed E-state index contributed by atoms with van der Waals surface area (Å²) in [6.07, 6.45) is 4.38. The molecule has 0 radical (unpaired) electrons. The molecule has 0 aliphatic carbocycles. The molecule has 0 aliphatic heterocycles. The second kappa shape index (κ2) is 10.4. The highest BCUT2D eigenvalue weighted by Gasteiger charge is 2.34. The molecular weight excluding hydrogens is 258 g/mol. The van der Waals surface area contributed by atoms with Gasteiger partial charge in [0.15, 0.2) is 0 Å². The number of rotatable bonds is 8. The lowest BCUT2D eigenvalue weighted by Crippen LogP contribution is -2.46. The molecule has 0 aromatic rings. The van der Waals surface area contributed by atoms with Crippen molar-refractivity contribution >= 4 is 5.78 Å². The first-order valence-corrected chi connectivity index (χ1v) is 8.83. The Morgan fingerprint density at radius 1 is 0.857 bits per heavy atom. The molecule has 0 fully saturated rings. The molecule has 0 aromatic heterocycles. The number of carbonyl (C=O) groups is 1. The average Bonchev–Trinajstić information content (AvgIpc) is 2.43. The Labute approximate surface area is 134 Å². The lowest BCUT2D eigenvalue weighted by Gasteiger charge is -2.35. The second-order valence-corrected chi connectivity index (χ2v) is 6.84. The lowest BCUT2D eigenvalue weighted by atomic mass is 9.70. The molecule has 0 rings (SSSR count). The number of hydrogen-bond donors (Lipinski definition) is 1. The number of hydrogen-bond acceptors (Lipinski definition) is 2. The third kappa shape index (κ3) is 5.73. The summed E-state index contributed by atoms with van der Waals surface area (Å²) in [5.74, 6) is 1.54. The summed E-state index contributed by atoms with van der Waals surface area (Å²) in [5, 5.41) is 3.41. The van der Waals surface area contributed by atoms with E-state index in [0.29, 0.717) is 17.2 Å². The number of carbonyl (C=O) groups excluding carboxylic acids is 1. The Bertz CT molecular complexity index is 265. The smallest absolute Gasteiger partial charge is 0.136 e. The van der Waals surface area contributed by atoms with Crippen LogP contribution in [0.25, 0.3) is 0 Å². The summed E-state index contributed by atoms with van der Waals surface area (Å²) < 4.78 is 0. The van der Waals surface area contributed by atoms with E-state index in [2.05, 4.69) is 67.8 Å². The zero-order valence-electron chi connectivity index (χ0n) is 16.4. The van der Waals surface area contributed by atoms with Gasteiger partial charge >= 0.3 is 0 Å². The summed E-state index contributed by atoms with van der Waals surface area (Å²) >= 11 is 0. The van der Waals surface area contributed by atoms with Crippen molar-refractivity contribution in [2.24, 2.45) is 17.3 Å². The van der Waals surface area contributed by atoms with Gasteiger partial charge in [-0.05, 0) is 51.5 Å². The maximum atomic E-state index is 11.4. The summed E-state index contributed by atoms with van der Waals surface area (Å²) in [5.41, 5.74) is 0.319. The molecule has 21 heavy (non-hydrogen) atoms. The van der Waals surface area contributed by atoms with Crippen molar-refractivity contribution in [3.63, 3.8) is 0 Å². The molecule has 0 unspecified atom stereocenters. The molecule has 0 saturated carbocycles. The van der Waals surface area contributed by atoms with E-state index in [4.69, 9.17) is 0 Å². The molecular formula is C19H41NO. The maximum absolute atomic E-state index is 11.4. The summed E-state index contributed by atoms with van der Waals surface area (Å²) in [6.45, 7) is 19.2. The molecule has 2 nitrogen and oxygen atoms in total. The van der Waals surface area contributed by atoms with Gasteiger partial charge in [0, 0.05) is 11.0 Å². The first-order chi connectivity index (χ1) is 9.63. The molecule has 0 atom stereocenters. The first kappa shape index (κ1) is 22.9. The zero-order chi connectivity index (χ0) is 17.3. The van der Waals surface area contributed by atoms with Crippen LogP contribution in [0.15, 0.2) is 0 Å². The Hall–Kier alpha value is -0.370. The van der Waals surface area contributed by atoms with Gasteiger partial charge in [-0.1, -0.05) is 55.4 Å². The Balaban J connectivity index is 0. The SMILES string of the molecule is CCC(CC)(C(C)=O)C(C)C.CCC(CC)(NC)C(C)C. The third-order valence-corrected chi connectivity index (χ3v) is 5.93. The highest BCUT2D eigenvalue weighted by molar-refractivity contribution is 5.82. The quantitative estimate of drug-likeness (QED) is 0.645. The van der Waals surface area contributed by atoms with Crippen LogP contribution in [0, 0.1) is 17.3 Å². The molecule has 0 spiro atoms. The molecule has 2 heteroatoms. The zero-order valence-corrected chi connectivity index (χ0v) is 16.4. The lowest BCUT2D eigenvalue weighted by molar-refractivity contribution is -0.129. The van der Waals surface area contributed by atoms with Crippen LogP contribution in [0.3, 0.4) is 0 Å². The Kier molecular flexibility index (Phi) is 11.3. The van der Waals surface area contributed by atoms with Crippen molar-refractivity contribution in [1.29, 1.82) is 0 Å². The van der Waals surface area contributed by atoms with Crippen molar-refractivity contribution in [2.75, 3.05) is 7.05 Å². The standard InChI is InChI=1S/C10H20O.C9H21N/c1-6-10(7-2,8(3)4)9(5)11;1-6-9(7-2,10-5)8(3)4/h8H,6-7H2,1-5H3;8,10H,6-7H2,1-5H3. The van der Waals surface area contributed by atoms with Gasteiger partial charge in [0.25, 0.3) is 0 Å². The van der Waals surface area contributed by atoms with E-state index in [0.717, 1.165) is 18.8 Å². The molecule has 0 heterocycles. The van der Waals surface area contributed by atoms with Crippen molar-refractivity contribution in [1.82, 2.24) is 5.32 Å². The minimum Gasteiger partial charge on any atom is -0.314 e. The van der Waals surface area contributed by atoms with Crippen molar-refractivity contribution in [3.8, 4) is 0 Å². The Morgan fingerprint density at radius 2 is 1.24 bits per heavy atom. The van der Waals surface area contributed by atoms with Crippen molar-refractivity contribution in [3.05, 3.63) is 0 Å². The van der Waals surface area contributed by atoms with Gasteiger partial charge in [-0.2, -0.15) is 0 Å². The predicted molar refractivity (Wildman–Crippen MR) is 95.7 cm³/mol. The van der Waals surface area contributed by atoms with Crippen LogP contribution >= 0.6 is 0 Å². The topological polar surface area (TPSA) is 29.1 Å². The van der Waals surface area contributed by atoms with Crippen molar-refractivity contribution < 1.29 is 4.79 Å². The van der Waals surface area contributed by atoms with Gasteiger partial charge < -0.3 is 5.32 Å². The number of nitrogens with one attached hydrogen (secondary N) is 1. The largest absolute Gasteiger partial charge is 0.314 e. The maximum Gasteiger partial charge on any atom is 0.136 e. The van der Waals surface area contributed by atoms with Crippen LogP contribution in [0.4, 0.5) is 0 Å². The molecule has 0 amide bonds. The van der Waals surface area contributed by atoms with Gasteiger partial charge in [-0.15, -0.1) is 0 Å².